The Balaban J connectivity index is 1.64. The third kappa shape index (κ3) is 4.78. The molecule has 4 aromatic rings. The smallest absolute Gasteiger partial charge is 0.266 e. The average Bonchev–Trinajstić information content (AvgIpc) is 2.86. The van der Waals surface area contributed by atoms with Gasteiger partial charge in [0.1, 0.15) is 5.75 Å². The Morgan fingerprint density at radius 2 is 1.76 bits per heavy atom. The molecule has 0 spiro atoms. The molecule has 0 saturated heterocycles. The Hall–Kier alpha value is -3.96. The maximum Gasteiger partial charge on any atom is 0.266 e. The van der Waals surface area contributed by atoms with Crippen molar-refractivity contribution in [3.63, 3.8) is 0 Å². The summed E-state index contributed by atoms with van der Waals surface area (Å²) in [5.74, 6) is 2.35. The zero-order chi connectivity index (χ0) is 23.2. The first-order chi connectivity index (χ1) is 16.1. The highest BCUT2D eigenvalue weighted by Crippen LogP contribution is 2.30. The second kappa shape index (κ2) is 10.1. The van der Waals surface area contributed by atoms with Gasteiger partial charge < -0.3 is 14.2 Å². The van der Waals surface area contributed by atoms with Crippen molar-refractivity contribution in [3.05, 3.63) is 82.6 Å². The minimum atomic E-state index is -0.164. The molecule has 0 aliphatic carbocycles. The zero-order valence-electron chi connectivity index (χ0n) is 18.1. The molecule has 0 atom stereocenters. The van der Waals surface area contributed by atoms with Gasteiger partial charge in [0.05, 0.1) is 49.0 Å². The van der Waals surface area contributed by atoms with Crippen LogP contribution in [0.15, 0.2) is 76.7 Å². The lowest BCUT2D eigenvalue weighted by atomic mass is 10.2. The Labute approximate surface area is 195 Å². The van der Waals surface area contributed by atoms with Gasteiger partial charge in [-0.15, -0.1) is 0 Å². The molecule has 0 aliphatic heterocycles. The summed E-state index contributed by atoms with van der Waals surface area (Å²) in [6.07, 6.45) is 0. The molecule has 3 aromatic carbocycles. The Morgan fingerprint density at radius 3 is 2.48 bits per heavy atom. The van der Waals surface area contributed by atoms with E-state index in [1.165, 1.54) is 11.8 Å². The number of para-hydroxylation sites is 1. The van der Waals surface area contributed by atoms with E-state index in [4.69, 9.17) is 24.5 Å². The first kappa shape index (κ1) is 22.2. The summed E-state index contributed by atoms with van der Waals surface area (Å²) in [5, 5.41) is 9.99. The molecule has 0 bridgehead atoms. The summed E-state index contributed by atoms with van der Waals surface area (Å²) < 4.78 is 18.1. The number of thioether (sulfide) groups is 1. The van der Waals surface area contributed by atoms with Gasteiger partial charge in [-0.05, 0) is 48.5 Å². The predicted molar refractivity (Wildman–Crippen MR) is 128 cm³/mol. The molecule has 0 aliphatic rings. The van der Waals surface area contributed by atoms with E-state index in [0.717, 1.165) is 0 Å². The summed E-state index contributed by atoms with van der Waals surface area (Å²) in [4.78, 5) is 18.1. The van der Waals surface area contributed by atoms with Crippen molar-refractivity contribution in [2.24, 2.45) is 0 Å². The van der Waals surface area contributed by atoms with Crippen LogP contribution >= 0.6 is 11.8 Å². The molecule has 0 amide bonds. The second-order valence-electron chi connectivity index (χ2n) is 6.92. The number of hydrogen-bond donors (Lipinski definition) is 0. The normalized spacial score (nSPS) is 10.6. The molecule has 1 heterocycles. The van der Waals surface area contributed by atoms with E-state index in [1.807, 2.05) is 18.2 Å². The topological polar surface area (TPSA) is 86.4 Å². The van der Waals surface area contributed by atoms with E-state index in [2.05, 4.69) is 6.07 Å². The molecule has 7 nitrogen and oxygen atoms in total. The lowest BCUT2D eigenvalue weighted by Gasteiger charge is -2.15. The lowest BCUT2D eigenvalue weighted by molar-refractivity contribution is 0.344. The minimum Gasteiger partial charge on any atom is -0.493 e. The van der Waals surface area contributed by atoms with Gasteiger partial charge in [0.15, 0.2) is 16.7 Å². The molecule has 0 radical (unpaired) electrons. The van der Waals surface area contributed by atoms with E-state index >= 15 is 0 Å². The van der Waals surface area contributed by atoms with Crippen LogP contribution in [0.3, 0.4) is 0 Å². The summed E-state index contributed by atoms with van der Waals surface area (Å²) in [6, 6.07) is 21.6. The van der Waals surface area contributed by atoms with E-state index in [9.17, 15) is 4.79 Å². The van der Waals surface area contributed by atoms with Crippen LogP contribution in [0.4, 0.5) is 0 Å². The second-order valence-corrected chi connectivity index (χ2v) is 7.99. The van der Waals surface area contributed by atoms with Crippen molar-refractivity contribution in [1.29, 1.82) is 5.26 Å². The highest BCUT2D eigenvalue weighted by Gasteiger charge is 2.15. The largest absolute Gasteiger partial charge is 0.493 e. The number of hydrogen-bond acceptors (Lipinski definition) is 7. The molecule has 166 valence electrons. The number of benzene rings is 3. The van der Waals surface area contributed by atoms with Crippen LogP contribution in [0.5, 0.6) is 17.2 Å². The van der Waals surface area contributed by atoms with Gasteiger partial charge in [0, 0.05) is 11.8 Å². The molecular formula is C25H21N3O4S. The van der Waals surface area contributed by atoms with E-state index in [0.29, 0.717) is 56.9 Å². The summed E-state index contributed by atoms with van der Waals surface area (Å²) >= 11 is 1.42. The molecule has 8 heteroatoms. The van der Waals surface area contributed by atoms with Gasteiger partial charge in [-0.1, -0.05) is 23.9 Å². The van der Waals surface area contributed by atoms with E-state index < -0.39 is 0 Å². The molecule has 33 heavy (non-hydrogen) atoms. The van der Waals surface area contributed by atoms with Gasteiger partial charge in [-0.3, -0.25) is 9.36 Å². The highest BCUT2D eigenvalue weighted by atomic mass is 32.2. The number of ether oxygens (including phenoxy) is 3. The molecular weight excluding hydrogens is 438 g/mol. The number of fused-ring (bicyclic) bond motifs is 1. The molecule has 4 rings (SSSR count). The standard InChI is InChI=1S/C25H21N3O4S/c1-30-22-12-9-18(15-23(22)31-2)28-24(29)20-5-3-4-6-21(20)27-25(28)33-14-13-32-19-10-7-17(16-26)8-11-19/h3-12,15H,13-14H2,1-2H3. The van der Waals surface area contributed by atoms with Gasteiger partial charge in [-0.25, -0.2) is 4.98 Å². The van der Waals surface area contributed by atoms with Crippen LogP contribution in [0.2, 0.25) is 0 Å². The SMILES string of the molecule is COc1ccc(-n2c(SCCOc3ccc(C#N)cc3)nc3ccccc3c2=O)cc1OC. The third-order valence-corrected chi connectivity index (χ3v) is 5.84. The van der Waals surface area contributed by atoms with Crippen molar-refractivity contribution in [2.75, 3.05) is 26.6 Å². The van der Waals surface area contributed by atoms with E-state index in [-0.39, 0.29) is 5.56 Å². The monoisotopic (exact) mass is 459 g/mol. The summed E-state index contributed by atoms with van der Waals surface area (Å²) in [5.41, 5.74) is 1.68. The molecule has 0 N–H and O–H groups in total. The van der Waals surface area contributed by atoms with Crippen LogP contribution in [0.1, 0.15) is 5.56 Å². The van der Waals surface area contributed by atoms with Crippen LogP contribution in [0.25, 0.3) is 16.6 Å². The van der Waals surface area contributed by atoms with Gasteiger partial charge in [0.2, 0.25) is 0 Å². The highest BCUT2D eigenvalue weighted by molar-refractivity contribution is 7.99. The maximum atomic E-state index is 13.4. The predicted octanol–water partition coefficient (Wildman–Crippen LogP) is 4.45. The van der Waals surface area contributed by atoms with Crippen LogP contribution < -0.4 is 19.8 Å². The van der Waals surface area contributed by atoms with Crippen LogP contribution in [0, 0.1) is 11.3 Å². The number of aromatic nitrogens is 2. The fourth-order valence-corrected chi connectivity index (χ4v) is 4.15. The Morgan fingerprint density at radius 1 is 1.00 bits per heavy atom. The fraction of sp³-hybridized carbons (Fsp3) is 0.160. The van der Waals surface area contributed by atoms with Crippen molar-refractivity contribution in [1.82, 2.24) is 9.55 Å². The number of rotatable bonds is 8. The first-order valence-corrected chi connectivity index (χ1v) is 11.1. The number of methoxy groups -OCH3 is 2. The van der Waals surface area contributed by atoms with Crippen molar-refractivity contribution in [3.8, 4) is 29.0 Å². The van der Waals surface area contributed by atoms with Gasteiger partial charge in [0.25, 0.3) is 5.56 Å². The Kier molecular flexibility index (Phi) is 6.81. The molecule has 1 aromatic heterocycles. The van der Waals surface area contributed by atoms with Gasteiger partial charge in [-0.2, -0.15) is 5.26 Å². The maximum absolute atomic E-state index is 13.4. The zero-order valence-corrected chi connectivity index (χ0v) is 19.0. The minimum absolute atomic E-state index is 0.164. The fourth-order valence-electron chi connectivity index (χ4n) is 3.32. The quantitative estimate of drug-likeness (QED) is 0.219. The molecule has 0 unspecified atom stereocenters. The molecule has 0 saturated carbocycles. The van der Waals surface area contributed by atoms with Crippen molar-refractivity contribution < 1.29 is 14.2 Å². The number of nitrogens with zero attached hydrogens (tertiary/aromatic N) is 3. The summed E-state index contributed by atoms with van der Waals surface area (Å²) in [7, 11) is 3.12. The van der Waals surface area contributed by atoms with Crippen molar-refractivity contribution in [2.45, 2.75) is 5.16 Å². The van der Waals surface area contributed by atoms with Gasteiger partial charge >= 0.3 is 0 Å². The number of nitriles is 1. The van der Waals surface area contributed by atoms with Crippen LogP contribution in [-0.4, -0.2) is 36.1 Å². The first-order valence-electron chi connectivity index (χ1n) is 10.1. The van der Waals surface area contributed by atoms with E-state index in [1.54, 1.807) is 67.3 Å². The average molecular weight is 460 g/mol. The van der Waals surface area contributed by atoms with Crippen molar-refractivity contribution >= 4 is 22.7 Å². The van der Waals surface area contributed by atoms with Crippen LogP contribution in [-0.2, 0) is 0 Å². The lowest BCUT2D eigenvalue weighted by Crippen LogP contribution is -2.22. The molecule has 0 fully saturated rings. The third-order valence-electron chi connectivity index (χ3n) is 4.94. The Bertz CT molecular complexity index is 1380. The summed E-state index contributed by atoms with van der Waals surface area (Å²) in [6.45, 7) is 0.408.